The molecule has 0 saturated carbocycles. The second kappa shape index (κ2) is 8.30. The van der Waals surface area contributed by atoms with E-state index in [1.54, 1.807) is 11.8 Å². The van der Waals surface area contributed by atoms with Gasteiger partial charge in [-0.3, -0.25) is 0 Å². The highest BCUT2D eigenvalue weighted by Crippen LogP contribution is 2.27. The van der Waals surface area contributed by atoms with Crippen molar-refractivity contribution in [2.24, 2.45) is 0 Å². The van der Waals surface area contributed by atoms with Gasteiger partial charge in [0, 0.05) is 28.3 Å². The fourth-order valence-electron chi connectivity index (χ4n) is 3.79. The lowest BCUT2D eigenvalue weighted by Gasteiger charge is -2.25. The minimum Gasteiger partial charge on any atom is -0.303 e. The van der Waals surface area contributed by atoms with E-state index in [-0.39, 0.29) is 0 Å². The average molecular weight is 424 g/mol. The quantitative estimate of drug-likeness (QED) is 0.327. The Balaban J connectivity index is 1.50. The van der Waals surface area contributed by atoms with E-state index in [4.69, 9.17) is 26.7 Å². The molecule has 0 N–H and O–H groups in total. The minimum absolute atomic E-state index is 0.692. The Morgan fingerprint density at radius 2 is 1.72 bits per heavy atom. The molecule has 1 saturated heterocycles. The molecular formula is C22H22ClN5S. The maximum absolute atomic E-state index is 6.04. The van der Waals surface area contributed by atoms with Gasteiger partial charge in [0.05, 0.1) is 5.52 Å². The predicted octanol–water partition coefficient (Wildman–Crippen LogP) is 5.18. The molecule has 7 heteroatoms. The van der Waals surface area contributed by atoms with Gasteiger partial charge in [0.15, 0.2) is 16.6 Å². The summed E-state index contributed by atoms with van der Waals surface area (Å²) in [5.74, 6) is 1.69. The number of rotatable bonds is 5. The normalized spacial score (nSPS) is 15.3. The van der Waals surface area contributed by atoms with Crippen LogP contribution in [-0.4, -0.2) is 49.9 Å². The fraction of sp³-hybridized carbons (Fsp3) is 0.318. The molecule has 2 aromatic heterocycles. The number of aromatic nitrogens is 4. The Hall–Kier alpha value is -2.15. The van der Waals surface area contributed by atoms with Gasteiger partial charge < -0.3 is 4.90 Å². The van der Waals surface area contributed by atoms with Gasteiger partial charge >= 0.3 is 0 Å². The van der Waals surface area contributed by atoms with Crippen molar-refractivity contribution in [3.63, 3.8) is 0 Å². The third kappa shape index (κ3) is 3.97. The molecule has 5 nitrogen and oxygen atoms in total. The van der Waals surface area contributed by atoms with Gasteiger partial charge in [0.2, 0.25) is 0 Å². The molecular weight excluding hydrogens is 402 g/mol. The molecule has 0 spiro atoms. The molecule has 0 atom stereocenters. The van der Waals surface area contributed by atoms with Crippen LogP contribution in [0.2, 0.25) is 5.02 Å². The number of fused-ring (bicyclic) bond motifs is 3. The van der Waals surface area contributed by atoms with E-state index in [0.29, 0.717) is 10.8 Å². The summed E-state index contributed by atoms with van der Waals surface area (Å²) in [6.45, 7) is 3.51. The average Bonchev–Trinajstić information content (AvgIpc) is 3.21. The molecule has 1 aliphatic heterocycles. The number of hydrogen-bond donors (Lipinski definition) is 0. The molecule has 148 valence electrons. The molecule has 1 fully saturated rings. The summed E-state index contributed by atoms with van der Waals surface area (Å²) in [4.78, 5) is 12.3. The lowest BCUT2D eigenvalue weighted by atomic mass is 10.1. The standard InChI is InChI=1S/C22H22ClN5S/c23-17-10-8-16(9-11-17)20-25-21-18-6-2-3-7-19(18)24-22(28(21)26-20)29-15-14-27-12-4-1-5-13-27/h2-3,6-11H,1,4-5,12-15H2. The van der Waals surface area contributed by atoms with Crippen LogP contribution in [0, 0.1) is 0 Å². The van der Waals surface area contributed by atoms with Crippen LogP contribution in [0.25, 0.3) is 27.9 Å². The SMILES string of the molecule is Clc1ccc(-c2nc3c4ccccc4nc(SCCN4CCCCC4)n3n2)cc1. The van der Waals surface area contributed by atoms with E-state index in [9.17, 15) is 0 Å². The summed E-state index contributed by atoms with van der Waals surface area (Å²) in [5.41, 5.74) is 2.75. The third-order valence-electron chi connectivity index (χ3n) is 5.34. The van der Waals surface area contributed by atoms with Crippen LogP contribution in [0.1, 0.15) is 19.3 Å². The zero-order valence-electron chi connectivity index (χ0n) is 16.1. The first kappa shape index (κ1) is 18.9. The molecule has 2 aromatic carbocycles. The third-order valence-corrected chi connectivity index (χ3v) is 6.50. The summed E-state index contributed by atoms with van der Waals surface area (Å²) >= 11 is 7.80. The number of likely N-dealkylation sites (tertiary alicyclic amines) is 1. The molecule has 0 bridgehead atoms. The van der Waals surface area contributed by atoms with Crippen molar-refractivity contribution in [3.05, 3.63) is 53.6 Å². The predicted molar refractivity (Wildman–Crippen MR) is 120 cm³/mol. The van der Waals surface area contributed by atoms with Crippen LogP contribution in [-0.2, 0) is 0 Å². The lowest BCUT2D eigenvalue weighted by molar-refractivity contribution is 0.242. The van der Waals surface area contributed by atoms with Crippen molar-refractivity contribution in [1.29, 1.82) is 0 Å². The van der Waals surface area contributed by atoms with E-state index in [2.05, 4.69) is 11.0 Å². The Labute approximate surface area is 179 Å². The topological polar surface area (TPSA) is 46.3 Å². The Morgan fingerprint density at radius 3 is 2.55 bits per heavy atom. The number of thioether (sulfide) groups is 1. The number of halogens is 1. The molecule has 4 aromatic rings. The smallest absolute Gasteiger partial charge is 0.191 e. The highest BCUT2D eigenvalue weighted by molar-refractivity contribution is 7.99. The van der Waals surface area contributed by atoms with Crippen LogP contribution in [0.4, 0.5) is 0 Å². The number of hydrogen-bond acceptors (Lipinski definition) is 5. The summed E-state index contributed by atoms with van der Waals surface area (Å²) in [5, 5.41) is 7.41. The maximum Gasteiger partial charge on any atom is 0.191 e. The largest absolute Gasteiger partial charge is 0.303 e. The molecule has 0 amide bonds. The molecule has 1 aliphatic rings. The number of piperidine rings is 1. The van der Waals surface area contributed by atoms with Gasteiger partial charge in [-0.05, 0) is 62.3 Å². The Bertz CT molecular complexity index is 1140. The van der Waals surface area contributed by atoms with Crippen LogP contribution >= 0.6 is 23.4 Å². The number of para-hydroxylation sites is 1. The van der Waals surface area contributed by atoms with Gasteiger partial charge in [-0.2, -0.15) is 4.52 Å². The monoisotopic (exact) mass is 423 g/mol. The Morgan fingerprint density at radius 1 is 0.931 bits per heavy atom. The van der Waals surface area contributed by atoms with Crippen LogP contribution in [0.5, 0.6) is 0 Å². The zero-order chi connectivity index (χ0) is 19.6. The summed E-state index contributed by atoms with van der Waals surface area (Å²) in [7, 11) is 0. The van der Waals surface area contributed by atoms with Crippen molar-refractivity contribution in [3.8, 4) is 11.4 Å². The highest BCUT2D eigenvalue weighted by Gasteiger charge is 2.16. The zero-order valence-corrected chi connectivity index (χ0v) is 17.7. The van der Waals surface area contributed by atoms with Gasteiger partial charge in [0.1, 0.15) is 0 Å². The van der Waals surface area contributed by atoms with Gasteiger partial charge in [-0.15, -0.1) is 5.10 Å². The van der Waals surface area contributed by atoms with E-state index < -0.39 is 0 Å². The number of nitrogens with zero attached hydrogens (tertiary/aromatic N) is 5. The van der Waals surface area contributed by atoms with Crippen LogP contribution in [0.15, 0.2) is 53.7 Å². The van der Waals surface area contributed by atoms with Gasteiger partial charge in [0.25, 0.3) is 0 Å². The maximum atomic E-state index is 6.04. The van der Waals surface area contributed by atoms with Crippen molar-refractivity contribution < 1.29 is 0 Å². The van der Waals surface area contributed by atoms with E-state index in [1.807, 2.05) is 47.0 Å². The minimum atomic E-state index is 0.692. The van der Waals surface area contributed by atoms with E-state index in [1.165, 1.54) is 32.4 Å². The van der Waals surface area contributed by atoms with E-state index >= 15 is 0 Å². The summed E-state index contributed by atoms with van der Waals surface area (Å²) in [6.07, 6.45) is 4.00. The molecule has 5 rings (SSSR count). The van der Waals surface area contributed by atoms with Crippen molar-refractivity contribution in [1.82, 2.24) is 24.5 Å². The van der Waals surface area contributed by atoms with Crippen molar-refractivity contribution >= 4 is 39.9 Å². The van der Waals surface area contributed by atoms with E-state index in [0.717, 1.165) is 39.6 Å². The summed E-state index contributed by atoms with van der Waals surface area (Å²) < 4.78 is 1.90. The molecule has 3 heterocycles. The second-order valence-corrected chi connectivity index (χ2v) is 8.84. The highest BCUT2D eigenvalue weighted by atomic mass is 35.5. The molecule has 29 heavy (non-hydrogen) atoms. The molecule has 0 radical (unpaired) electrons. The Kier molecular flexibility index (Phi) is 5.40. The second-order valence-electron chi connectivity index (χ2n) is 7.34. The fourth-order valence-corrected chi connectivity index (χ4v) is 4.86. The van der Waals surface area contributed by atoms with Gasteiger partial charge in [-0.1, -0.05) is 41.9 Å². The first-order valence-electron chi connectivity index (χ1n) is 10.0. The van der Waals surface area contributed by atoms with Crippen LogP contribution < -0.4 is 0 Å². The molecule has 0 aliphatic carbocycles. The first-order chi connectivity index (χ1) is 14.3. The lowest BCUT2D eigenvalue weighted by Crippen LogP contribution is -2.31. The molecule has 0 unspecified atom stereocenters. The van der Waals surface area contributed by atoms with Gasteiger partial charge in [-0.25, -0.2) is 9.97 Å². The van der Waals surface area contributed by atoms with Crippen molar-refractivity contribution in [2.45, 2.75) is 24.4 Å². The first-order valence-corrected chi connectivity index (χ1v) is 11.4. The van der Waals surface area contributed by atoms with Crippen LogP contribution in [0.3, 0.4) is 0 Å². The van der Waals surface area contributed by atoms with Crippen molar-refractivity contribution in [2.75, 3.05) is 25.4 Å². The number of benzene rings is 2. The summed E-state index contributed by atoms with van der Waals surface area (Å²) in [6, 6.07) is 15.8.